The van der Waals surface area contributed by atoms with Crippen molar-refractivity contribution in [3.63, 3.8) is 0 Å². The summed E-state index contributed by atoms with van der Waals surface area (Å²) in [6, 6.07) is 28.2. The van der Waals surface area contributed by atoms with Gasteiger partial charge in [-0.05, 0) is 30.2 Å². The highest BCUT2D eigenvalue weighted by Gasteiger charge is 2.24. The first-order valence-corrected chi connectivity index (χ1v) is 12.2. The predicted octanol–water partition coefficient (Wildman–Crippen LogP) is 5.29. The number of hydrogen-bond donors (Lipinski definition) is 0. The van der Waals surface area contributed by atoms with Gasteiger partial charge < -0.3 is 4.52 Å². The van der Waals surface area contributed by atoms with Gasteiger partial charge in [0.15, 0.2) is 0 Å². The maximum atomic E-state index is 13.7. The largest absolute Gasteiger partial charge is 0.337 e. The highest BCUT2D eigenvalue weighted by Crippen LogP contribution is 2.36. The molecule has 0 bridgehead atoms. The smallest absolute Gasteiger partial charge is 0.333 e. The van der Waals surface area contributed by atoms with Gasteiger partial charge in [0.05, 0.1) is 22.5 Å². The Morgan fingerprint density at radius 2 is 1.50 bits per heavy atom. The first kappa shape index (κ1) is 21.9. The number of rotatable bonds is 5. The Hall–Kier alpha value is -4.56. The standard InChI is InChI=1S/C28H20N4O3S/c1-18-22-26(33)32(21-15-9-4-10-16-21)28(34)31(17-19-11-5-2-6-12-19)27(22)36-23(18)25-29-24(30-35-25)20-13-7-3-8-14-20/h2-16H,17H2,1H3. The lowest BCUT2D eigenvalue weighted by Crippen LogP contribution is -2.38. The van der Waals surface area contributed by atoms with Crippen LogP contribution in [0.3, 0.4) is 0 Å². The summed E-state index contributed by atoms with van der Waals surface area (Å²) in [5.74, 6) is 0.780. The van der Waals surface area contributed by atoms with Crippen LogP contribution in [0.4, 0.5) is 0 Å². The summed E-state index contributed by atoms with van der Waals surface area (Å²) in [6.45, 7) is 2.18. The van der Waals surface area contributed by atoms with Gasteiger partial charge >= 0.3 is 5.69 Å². The fourth-order valence-electron chi connectivity index (χ4n) is 4.28. The molecule has 176 valence electrons. The molecule has 8 heteroatoms. The molecule has 6 aromatic rings. The van der Waals surface area contributed by atoms with E-state index in [-0.39, 0.29) is 5.56 Å². The molecule has 0 aliphatic heterocycles. The summed E-state index contributed by atoms with van der Waals surface area (Å²) in [6.07, 6.45) is 0. The van der Waals surface area contributed by atoms with Gasteiger partial charge in [0, 0.05) is 5.56 Å². The highest BCUT2D eigenvalue weighted by atomic mass is 32.1. The van der Waals surface area contributed by atoms with Crippen LogP contribution in [0.5, 0.6) is 0 Å². The number of para-hydroxylation sites is 1. The van der Waals surface area contributed by atoms with E-state index >= 15 is 0 Å². The van der Waals surface area contributed by atoms with Crippen molar-refractivity contribution in [2.24, 2.45) is 0 Å². The maximum absolute atomic E-state index is 13.7. The molecule has 0 unspecified atom stereocenters. The van der Waals surface area contributed by atoms with E-state index in [4.69, 9.17) is 4.52 Å². The van der Waals surface area contributed by atoms with Crippen LogP contribution in [0.1, 0.15) is 11.1 Å². The summed E-state index contributed by atoms with van der Waals surface area (Å²) < 4.78 is 8.49. The maximum Gasteiger partial charge on any atom is 0.337 e. The molecule has 0 aliphatic rings. The quantitative estimate of drug-likeness (QED) is 0.327. The molecule has 3 aromatic carbocycles. The second-order valence-corrected chi connectivity index (χ2v) is 9.36. The second kappa shape index (κ2) is 8.90. The van der Waals surface area contributed by atoms with Crippen LogP contribution >= 0.6 is 11.3 Å². The highest BCUT2D eigenvalue weighted by molar-refractivity contribution is 7.22. The Bertz CT molecular complexity index is 1800. The van der Waals surface area contributed by atoms with Crippen LogP contribution < -0.4 is 11.2 Å². The zero-order valence-electron chi connectivity index (χ0n) is 19.3. The third-order valence-electron chi connectivity index (χ3n) is 6.06. The van der Waals surface area contributed by atoms with Gasteiger partial charge in [-0.3, -0.25) is 9.36 Å². The van der Waals surface area contributed by atoms with Crippen molar-refractivity contribution in [2.75, 3.05) is 0 Å². The lowest BCUT2D eigenvalue weighted by molar-refractivity contribution is 0.433. The van der Waals surface area contributed by atoms with Crippen LogP contribution in [0.25, 0.3) is 38.1 Å². The van der Waals surface area contributed by atoms with E-state index in [0.29, 0.717) is 44.6 Å². The van der Waals surface area contributed by atoms with Gasteiger partial charge in [0.1, 0.15) is 4.83 Å². The average Bonchev–Trinajstić information content (AvgIpc) is 3.53. The number of thiophene rings is 1. The molecule has 36 heavy (non-hydrogen) atoms. The molecule has 0 N–H and O–H groups in total. The lowest BCUT2D eigenvalue weighted by atomic mass is 10.2. The van der Waals surface area contributed by atoms with Gasteiger partial charge in [-0.1, -0.05) is 84.0 Å². The normalized spacial score (nSPS) is 11.2. The van der Waals surface area contributed by atoms with Crippen molar-refractivity contribution >= 4 is 21.6 Å². The Balaban J connectivity index is 1.60. The van der Waals surface area contributed by atoms with Gasteiger partial charge in [0.2, 0.25) is 5.82 Å². The SMILES string of the molecule is Cc1c(-c2nc(-c3ccccc3)no2)sc2c1c(=O)n(-c1ccccc1)c(=O)n2Cc1ccccc1. The summed E-state index contributed by atoms with van der Waals surface area (Å²) in [5, 5.41) is 4.60. The van der Waals surface area contributed by atoms with E-state index in [2.05, 4.69) is 10.1 Å². The van der Waals surface area contributed by atoms with Crippen molar-refractivity contribution in [3.05, 3.63) is 123 Å². The Labute approximate surface area is 209 Å². The average molecular weight is 493 g/mol. The van der Waals surface area contributed by atoms with Crippen LogP contribution in [-0.4, -0.2) is 19.3 Å². The number of aryl methyl sites for hydroxylation is 1. The van der Waals surface area contributed by atoms with E-state index in [0.717, 1.165) is 11.1 Å². The molecule has 3 aromatic heterocycles. The Kier molecular flexibility index (Phi) is 5.42. The summed E-state index contributed by atoms with van der Waals surface area (Å²) in [5.41, 5.74) is 2.25. The third-order valence-corrected chi connectivity index (χ3v) is 7.37. The molecular formula is C28H20N4O3S. The number of hydrogen-bond acceptors (Lipinski definition) is 6. The van der Waals surface area contributed by atoms with Crippen LogP contribution in [-0.2, 0) is 6.54 Å². The summed E-state index contributed by atoms with van der Waals surface area (Å²) >= 11 is 1.32. The van der Waals surface area contributed by atoms with E-state index in [1.165, 1.54) is 15.9 Å². The van der Waals surface area contributed by atoms with E-state index < -0.39 is 5.69 Å². The van der Waals surface area contributed by atoms with Crippen molar-refractivity contribution in [1.29, 1.82) is 0 Å². The molecule has 0 spiro atoms. The van der Waals surface area contributed by atoms with E-state index in [1.807, 2.05) is 85.8 Å². The van der Waals surface area contributed by atoms with Crippen LogP contribution in [0.15, 0.2) is 105 Å². The monoisotopic (exact) mass is 492 g/mol. The molecule has 0 atom stereocenters. The first-order valence-electron chi connectivity index (χ1n) is 11.4. The predicted molar refractivity (Wildman–Crippen MR) is 141 cm³/mol. The van der Waals surface area contributed by atoms with E-state index in [9.17, 15) is 9.59 Å². The van der Waals surface area contributed by atoms with Gasteiger partial charge in [-0.15, -0.1) is 11.3 Å². The Morgan fingerprint density at radius 3 is 2.19 bits per heavy atom. The first-order chi connectivity index (χ1) is 17.6. The minimum Gasteiger partial charge on any atom is -0.333 e. The number of aromatic nitrogens is 4. The zero-order chi connectivity index (χ0) is 24.6. The molecule has 7 nitrogen and oxygen atoms in total. The molecule has 0 saturated carbocycles. The van der Waals surface area contributed by atoms with Gasteiger partial charge in [-0.25, -0.2) is 9.36 Å². The van der Waals surface area contributed by atoms with Crippen molar-refractivity contribution in [1.82, 2.24) is 19.3 Å². The Morgan fingerprint density at radius 1 is 0.861 bits per heavy atom. The van der Waals surface area contributed by atoms with Gasteiger partial charge in [-0.2, -0.15) is 4.98 Å². The fourth-order valence-corrected chi connectivity index (χ4v) is 5.49. The molecule has 0 radical (unpaired) electrons. The number of fused-ring (bicyclic) bond motifs is 1. The molecule has 3 heterocycles. The molecular weight excluding hydrogens is 472 g/mol. The van der Waals surface area contributed by atoms with E-state index in [1.54, 1.807) is 16.7 Å². The molecule has 0 aliphatic carbocycles. The summed E-state index contributed by atoms with van der Waals surface area (Å²) in [4.78, 5) is 33.3. The zero-order valence-corrected chi connectivity index (χ0v) is 20.1. The topological polar surface area (TPSA) is 82.9 Å². The second-order valence-electron chi connectivity index (χ2n) is 8.36. The van der Waals surface area contributed by atoms with Crippen molar-refractivity contribution in [2.45, 2.75) is 13.5 Å². The molecule has 0 saturated heterocycles. The third kappa shape index (κ3) is 3.68. The molecule has 0 amide bonds. The van der Waals surface area contributed by atoms with Gasteiger partial charge in [0.25, 0.3) is 11.4 Å². The minimum absolute atomic E-state index is 0.317. The lowest BCUT2D eigenvalue weighted by Gasteiger charge is -2.12. The van der Waals surface area contributed by atoms with Crippen molar-refractivity contribution in [3.8, 4) is 27.8 Å². The van der Waals surface area contributed by atoms with Crippen LogP contribution in [0, 0.1) is 6.92 Å². The number of benzene rings is 3. The van der Waals surface area contributed by atoms with Crippen molar-refractivity contribution < 1.29 is 4.52 Å². The fraction of sp³-hybridized carbons (Fsp3) is 0.0714. The minimum atomic E-state index is -0.397. The number of nitrogens with zero attached hydrogens (tertiary/aromatic N) is 4. The molecule has 6 rings (SSSR count). The molecule has 0 fully saturated rings. The summed E-state index contributed by atoms with van der Waals surface area (Å²) in [7, 11) is 0. The van der Waals surface area contributed by atoms with Crippen LogP contribution in [0.2, 0.25) is 0 Å².